The zero-order valence-corrected chi connectivity index (χ0v) is 10.1. The van der Waals surface area contributed by atoms with Gasteiger partial charge in [0.25, 0.3) is 0 Å². The molecule has 1 aromatic carbocycles. The monoisotopic (exact) mass is 239 g/mol. The number of hydrogen-bond donors (Lipinski definition) is 1. The molecule has 1 aromatic rings. The van der Waals surface area contributed by atoms with Gasteiger partial charge in [0, 0.05) is 18.5 Å². The highest BCUT2D eigenvalue weighted by atomic mass is 35.5. The van der Waals surface area contributed by atoms with Gasteiger partial charge in [-0.05, 0) is 48.7 Å². The van der Waals surface area contributed by atoms with Crippen molar-refractivity contribution in [3.8, 4) is 0 Å². The summed E-state index contributed by atoms with van der Waals surface area (Å²) in [6, 6.07) is 5.79. The van der Waals surface area contributed by atoms with Gasteiger partial charge in [-0.1, -0.05) is 6.07 Å². The zero-order valence-electron chi connectivity index (χ0n) is 9.34. The Morgan fingerprint density at radius 1 is 1.12 bits per heavy atom. The quantitative estimate of drug-likeness (QED) is 0.822. The van der Waals surface area contributed by atoms with Crippen LogP contribution in [0.3, 0.4) is 0 Å². The first kappa shape index (κ1) is 12.7. The Labute approximate surface area is 99.8 Å². The summed E-state index contributed by atoms with van der Waals surface area (Å²) in [5, 5.41) is 2.24. The molecule has 3 nitrogen and oxygen atoms in total. The summed E-state index contributed by atoms with van der Waals surface area (Å²) in [5.74, 6) is -0.195. The third-order valence-electron chi connectivity index (χ3n) is 2.05. The van der Waals surface area contributed by atoms with E-state index < -0.39 is 5.24 Å². The van der Waals surface area contributed by atoms with Crippen molar-refractivity contribution in [3.63, 3.8) is 0 Å². The number of nitrogens with one attached hydrogen (secondary N) is 1. The molecule has 0 aliphatic carbocycles. The minimum Gasteiger partial charge on any atom is -0.326 e. The van der Waals surface area contributed by atoms with Crippen LogP contribution in [0.25, 0.3) is 0 Å². The summed E-state index contributed by atoms with van der Waals surface area (Å²) in [6.45, 7) is 3.93. The lowest BCUT2D eigenvalue weighted by atomic mass is 10.1. The van der Waals surface area contributed by atoms with Crippen molar-refractivity contribution in [1.29, 1.82) is 0 Å². The van der Waals surface area contributed by atoms with Gasteiger partial charge in [0.05, 0.1) is 0 Å². The molecule has 0 aromatic heterocycles. The molecular formula is C12H14ClNO2. The van der Waals surface area contributed by atoms with Crippen molar-refractivity contribution < 1.29 is 9.59 Å². The fourth-order valence-corrected chi connectivity index (χ4v) is 1.58. The maximum absolute atomic E-state index is 11.4. The number of carbonyl (C=O) groups excluding carboxylic acids is 2. The first-order chi connectivity index (χ1) is 7.47. The van der Waals surface area contributed by atoms with E-state index >= 15 is 0 Å². The van der Waals surface area contributed by atoms with Gasteiger partial charge < -0.3 is 5.32 Å². The maximum Gasteiger partial charge on any atom is 0.224 e. The highest BCUT2D eigenvalue weighted by Gasteiger charge is 2.05. The number of rotatable bonds is 4. The lowest BCUT2D eigenvalue weighted by Crippen LogP contribution is -2.12. The molecule has 1 amide bonds. The van der Waals surface area contributed by atoms with Crippen LogP contribution in [0.2, 0.25) is 0 Å². The Morgan fingerprint density at radius 2 is 1.69 bits per heavy atom. The van der Waals surface area contributed by atoms with Crippen LogP contribution in [-0.2, 0) is 9.59 Å². The van der Waals surface area contributed by atoms with E-state index in [2.05, 4.69) is 5.32 Å². The molecule has 4 heteroatoms. The van der Waals surface area contributed by atoms with Crippen LogP contribution in [-0.4, -0.2) is 11.1 Å². The Balaban J connectivity index is 2.59. The maximum atomic E-state index is 11.4. The van der Waals surface area contributed by atoms with Crippen LogP contribution >= 0.6 is 11.6 Å². The molecule has 0 fully saturated rings. The molecule has 0 bridgehead atoms. The summed E-state index contributed by atoms with van der Waals surface area (Å²) in [7, 11) is 0. The number of aryl methyl sites for hydroxylation is 2. The number of carbonyl (C=O) groups is 2. The smallest absolute Gasteiger partial charge is 0.224 e. The molecule has 16 heavy (non-hydrogen) atoms. The second kappa shape index (κ2) is 5.66. The minimum absolute atomic E-state index is 0.0676. The number of halogens is 1. The third-order valence-corrected chi connectivity index (χ3v) is 2.24. The Kier molecular flexibility index (Phi) is 4.50. The normalized spacial score (nSPS) is 9.94. The second-order valence-corrected chi connectivity index (χ2v) is 4.20. The van der Waals surface area contributed by atoms with E-state index in [9.17, 15) is 9.59 Å². The lowest BCUT2D eigenvalue weighted by molar-refractivity contribution is -0.119. The molecule has 0 saturated carbocycles. The first-order valence-corrected chi connectivity index (χ1v) is 5.41. The molecule has 0 heterocycles. The van der Waals surface area contributed by atoms with Gasteiger partial charge in [0.15, 0.2) is 0 Å². The molecule has 0 aliphatic rings. The molecule has 0 radical (unpaired) electrons. The Hall–Kier alpha value is -1.35. The van der Waals surface area contributed by atoms with E-state index in [1.165, 1.54) is 0 Å². The van der Waals surface area contributed by atoms with E-state index in [4.69, 9.17) is 11.6 Å². The Bertz CT molecular complexity index is 395. The largest absolute Gasteiger partial charge is 0.326 e. The number of anilines is 1. The molecule has 0 unspecified atom stereocenters. The molecule has 0 aliphatic heterocycles. The fourth-order valence-electron chi connectivity index (χ4n) is 1.48. The molecule has 0 atom stereocenters. The Morgan fingerprint density at radius 3 is 2.19 bits per heavy atom. The molecule has 0 spiro atoms. The van der Waals surface area contributed by atoms with Gasteiger partial charge in [-0.2, -0.15) is 0 Å². The molecular weight excluding hydrogens is 226 g/mol. The minimum atomic E-state index is -0.490. The van der Waals surface area contributed by atoms with Gasteiger partial charge in [0.2, 0.25) is 11.1 Å². The van der Waals surface area contributed by atoms with Gasteiger partial charge in [-0.3, -0.25) is 9.59 Å². The van der Waals surface area contributed by atoms with Crippen molar-refractivity contribution in [2.45, 2.75) is 26.7 Å². The van der Waals surface area contributed by atoms with E-state index in [1.807, 2.05) is 32.0 Å². The van der Waals surface area contributed by atoms with Crippen LogP contribution in [0.4, 0.5) is 5.69 Å². The van der Waals surface area contributed by atoms with Crippen LogP contribution in [0.5, 0.6) is 0 Å². The zero-order chi connectivity index (χ0) is 12.1. The van der Waals surface area contributed by atoms with Crippen molar-refractivity contribution in [2.75, 3.05) is 5.32 Å². The van der Waals surface area contributed by atoms with Gasteiger partial charge in [-0.15, -0.1) is 0 Å². The molecule has 0 saturated heterocycles. The molecule has 86 valence electrons. The average Bonchev–Trinajstić information content (AvgIpc) is 2.12. The van der Waals surface area contributed by atoms with E-state index in [0.717, 1.165) is 16.8 Å². The number of hydrogen-bond acceptors (Lipinski definition) is 2. The van der Waals surface area contributed by atoms with E-state index in [-0.39, 0.29) is 18.7 Å². The molecule has 1 N–H and O–H groups in total. The highest BCUT2D eigenvalue weighted by Crippen LogP contribution is 2.14. The first-order valence-electron chi connectivity index (χ1n) is 5.04. The second-order valence-electron chi connectivity index (χ2n) is 3.78. The SMILES string of the molecule is Cc1cc(C)cc(NC(=O)CCC(=O)Cl)c1. The van der Waals surface area contributed by atoms with Crippen molar-refractivity contribution in [2.24, 2.45) is 0 Å². The van der Waals surface area contributed by atoms with Gasteiger partial charge in [-0.25, -0.2) is 0 Å². The van der Waals surface area contributed by atoms with Crippen LogP contribution in [0.1, 0.15) is 24.0 Å². The highest BCUT2D eigenvalue weighted by molar-refractivity contribution is 6.63. The third kappa shape index (κ3) is 4.45. The predicted octanol–water partition coefficient (Wildman–Crippen LogP) is 2.79. The van der Waals surface area contributed by atoms with Crippen LogP contribution in [0, 0.1) is 13.8 Å². The summed E-state index contributed by atoms with van der Waals surface area (Å²) in [5.41, 5.74) is 2.93. The standard InChI is InChI=1S/C12H14ClNO2/c1-8-5-9(2)7-10(6-8)14-12(16)4-3-11(13)15/h5-7H,3-4H2,1-2H3,(H,14,16). The summed E-state index contributed by atoms with van der Waals surface area (Å²) in [4.78, 5) is 21.9. The van der Waals surface area contributed by atoms with Gasteiger partial charge in [0.1, 0.15) is 0 Å². The van der Waals surface area contributed by atoms with E-state index in [0.29, 0.717) is 0 Å². The van der Waals surface area contributed by atoms with Gasteiger partial charge >= 0.3 is 0 Å². The fraction of sp³-hybridized carbons (Fsp3) is 0.333. The number of amides is 1. The average molecular weight is 240 g/mol. The lowest BCUT2D eigenvalue weighted by Gasteiger charge is -2.06. The van der Waals surface area contributed by atoms with Crippen molar-refractivity contribution in [3.05, 3.63) is 29.3 Å². The van der Waals surface area contributed by atoms with Crippen molar-refractivity contribution in [1.82, 2.24) is 0 Å². The molecule has 1 rings (SSSR count). The summed E-state index contributed by atoms with van der Waals surface area (Å²) < 4.78 is 0. The van der Waals surface area contributed by atoms with Crippen LogP contribution < -0.4 is 5.32 Å². The van der Waals surface area contributed by atoms with Crippen molar-refractivity contribution >= 4 is 28.4 Å². The topological polar surface area (TPSA) is 46.2 Å². The summed E-state index contributed by atoms with van der Waals surface area (Å²) in [6.07, 6.45) is 0.188. The number of benzene rings is 1. The van der Waals surface area contributed by atoms with E-state index in [1.54, 1.807) is 0 Å². The van der Waals surface area contributed by atoms with Crippen LogP contribution in [0.15, 0.2) is 18.2 Å². The summed E-state index contributed by atoms with van der Waals surface area (Å²) >= 11 is 5.16. The predicted molar refractivity (Wildman–Crippen MR) is 64.6 cm³/mol.